The minimum Gasteiger partial charge on any atom is -0.392 e. The molecule has 0 aliphatic rings. The molecule has 39 valence electrons. The third kappa shape index (κ3) is 8.82. The predicted octanol–water partition coefficient (Wildman–Crippen LogP) is 0.842. The molecule has 1 atom stereocenters. The van der Waals surface area contributed by atoms with Crippen molar-refractivity contribution in [2.45, 2.75) is 6.10 Å². The van der Waals surface area contributed by atoms with Crippen LogP contribution in [0.1, 0.15) is 0 Å². The molecule has 0 heterocycles. The van der Waals surface area contributed by atoms with Crippen molar-refractivity contribution in [3.63, 3.8) is 0 Å². The summed E-state index contributed by atoms with van der Waals surface area (Å²) >= 11 is 5.02. The van der Waals surface area contributed by atoms with E-state index in [1.54, 1.807) is 0 Å². The minimum atomic E-state index is -0.600. The molecular weight excluding hydrogens is 123 g/mol. The predicted molar refractivity (Wildman–Crippen MR) is 29.3 cm³/mol. The molecule has 1 N–H and O–H groups in total. The van der Waals surface area contributed by atoms with Gasteiger partial charge in [0.15, 0.2) is 0 Å². The maximum Gasteiger partial charge on any atom is 0.0676 e. The Balaban J connectivity index is 0. The lowest BCUT2D eigenvalue weighted by Crippen LogP contribution is -1.99. The Kier molecular flexibility index (Phi) is 8.99. The highest BCUT2D eigenvalue weighted by atomic mass is 35.5. The molecule has 0 aliphatic carbocycles. The Morgan fingerprint density at radius 1 is 1.83 bits per heavy atom. The number of hydrogen-bond donors (Lipinski definition) is 1. The van der Waals surface area contributed by atoms with Crippen LogP contribution in [0.5, 0.6) is 0 Å². The number of halogens is 2. The van der Waals surface area contributed by atoms with Gasteiger partial charge in [-0.1, -0.05) is 0 Å². The molecule has 0 rings (SSSR count). The lowest BCUT2D eigenvalue weighted by atomic mass is 10.5. The van der Waals surface area contributed by atoms with Gasteiger partial charge in [0.25, 0.3) is 0 Å². The summed E-state index contributed by atoms with van der Waals surface area (Å²) in [7, 11) is 0. The van der Waals surface area contributed by atoms with Gasteiger partial charge in [0, 0.05) is 5.88 Å². The first-order chi connectivity index (χ1) is 2.27. The fourth-order valence-electron chi connectivity index (χ4n) is 0. The van der Waals surface area contributed by atoms with Crippen molar-refractivity contribution in [3.8, 4) is 0 Å². The van der Waals surface area contributed by atoms with E-state index < -0.39 is 6.10 Å². The Labute approximate surface area is 48.7 Å². The monoisotopic (exact) mass is 129 g/mol. The summed E-state index contributed by atoms with van der Waals surface area (Å²) in [6, 6.07) is 0. The van der Waals surface area contributed by atoms with Gasteiger partial charge < -0.3 is 5.11 Å². The largest absolute Gasteiger partial charge is 0.392 e. The van der Waals surface area contributed by atoms with Crippen LogP contribution >= 0.6 is 24.0 Å². The van der Waals surface area contributed by atoms with Crippen molar-refractivity contribution >= 4 is 24.0 Å². The minimum absolute atomic E-state index is 0. The van der Waals surface area contributed by atoms with Crippen LogP contribution in [0.2, 0.25) is 0 Å². The summed E-state index contributed by atoms with van der Waals surface area (Å²) in [4.78, 5) is 0. The Morgan fingerprint density at radius 2 is 2.00 bits per heavy atom. The molecule has 0 aromatic rings. The van der Waals surface area contributed by atoms with Gasteiger partial charge in [-0.3, -0.25) is 0 Å². The maximum atomic E-state index is 8.12. The van der Waals surface area contributed by atoms with E-state index in [9.17, 15) is 0 Å². The van der Waals surface area contributed by atoms with Crippen molar-refractivity contribution in [1.29, 1.82) is 0 Å². The fraction of sp³-hybridized carbons (Fsp3) is 0.667. The van der Waals surface area contributed by atoms with Crippen LogP contribution in [0, 0.1) is 6.92 Å². The number of rotatable bonds is 1. The van der Waals surface area contributed by atoms with Crippen molar-refractivity contribution in [1.82, 2.24) is 0 Å². The lowest BCUT2D eigenvalue weighted by molar-refractivity contribution is 0.245. The molecular formula is C3H7Cl2O. The molecule has 0 saturated heterocycles. The van der Waals surface area contributed by atoms with Crippen molar-refractivity contribution < 1.29 is 5.11 Å². The highest BCUT2D eigenvalue weighted by molar-refractivity contribution is 6.18. The van der Waals surface area contributed by atoms with Gasteiger partial charge in [-0.05, 0) is 6.92 Å². The van der Waals surface area contributed by atoms with E-state index in [1.165, 1.54) is 0 Å². The van der Waals surface area contributed by atoms with Crippen LogP contribution < -0.4 is 0 Å². The third-order valence-electron chi connectivity index (χ3n) is 0.178. The average molecular weight is 130 g/mol. The molecule has 0 spiro atoms. The van der Waals surface area contributed by atoms with Gasteiger partial charge in [-0.25, -0.2) is 0 Å². The van der Waals surface area contributed by atoms with E-state index in [0.717, 1.165) is 0 Å². The molecule has 6 heavy (non-hydrogen) atoms. The summed E-state index contributed by atoms with van der Waals surface area (Å²) in [5.41, 5.74) is 0. The summed E-state index contributed by atoms with van der Waals surface area (Å²) in [6.45, 7) is 3.18. The second-order valence-electron chi connectivity index (χ2n) is 0.808. The van der Waals surface area contributed by atoms with Crippen LogP contribution in [0.4, 0.5) is 0 Å². The first-order valence-electron chi connectivity index (χ1n) is 1.34. The second kappa shape index (κ2) is 5.54. The maximum absolute atomic E-state index is 8.12. The van der Waals surface area contributed by atoms with E-state index in [-0.39, 0.29) is 18.3 Å². The van der Waals surface area contributed by atoms with Crippen molar-refractivity contribution in [2.24, 2.45) is 0 Å². The number of aliphatic hydroxyl groups is 1. The Bertz CT molecular complexity index is 22.8. The fourth-order valence-corrected chi connectivity index (χ4v) is 0. The molecule has 0 aromatic carbocycles. The summed E-state index contributed by atoms with van der Waals surface area (Å²) in [5, 5.41) is 8.12. The standard InChI is InChI=1S/C3H6ClO.ClH/c1-3(5)2-4;/h3,5H,1-2H2;1H/t3-;/m0./s1. The summed E-state index contributed by atoms with van der Waals surface area (Å²) in [5.74, 6) is 0.222. The third-order valence-corrected chi connectivity index (χ3v) is 0.534. The van der Waals surface area contributed by atoms with Gasteiger partial charge in [-0.2, -0.15) is 0 Å². The molecule has 0 aromatic heterocycles. The van der Waals surface area contributed by atoms with Crippen LogP contribution in [-0.2, 0) is 0 Å². The molecule has 1 radical (unpaired) electrons. The average Bonchev–Trinajstić information content (AvgIpc) is 1.38. The first kappa shape index (κ1) is 9.74. The SMILES string of the molecule is Cl.[CH2][C@H](O)CCl. The first-order valence-corrected chi connectivity index (χ1v) is 1.88. The molecule has 1 nitrogen and oxygen atoms in total. The second-order valence-corrected chi connectivity index (χ2v) is 1.12. The number of aliphatic hydroxyl groups excluding tert-OH is 1. The van der Waals surface area contributed by atoms with Crippen molar-refractivity contribution in [2.75, 3.05) is 5.88 Å². The Hall–Kier alpha value is 0.540. The quantitative estimate of drug-likeness (QED) is 0.521. The van der Waals surface area contributed by atoms with Gasteiger partial charge in [0.05, 0.1) is 6.10 Å². The van der Waals surface area contributed by atoms with Gasteiger partial charge in [0.2, 0.25) is 0 Å². The van der Waals surface area contributed by atoms with Crippen molar-refractivity contribution in [3.05, 3.63) is 6.92 Å². The number of alkyl halides is 1. The highest BCUT2D eigenvalue weighted by Crippen LogP contribution is 1.79. The number of hydrogen-bond acceptors (Lipinski definition) is 1. The van der Waals surface area contributed by atoms with E-state index in [1.807, 2.05) is 0 Å². The molecule has 0 fully saturated rings. The molecule has 0 aliphatic heterocycles. The molecule has 0 bridgehead atoms. The normalized spacial score (nSPS) is 12.5. The van der Waals surface area contributed by atoms with Gasteiger partial charge in [-0.15, -0.1) is 24.0 Å². The zero-order valence-electron chi connectivity index (χ0n) is 3.22. The van der Waals surface area contributed by atoms with Crippen LogP contribution in [-0.4, -0.2) is 17.1 Å². The zero-order valence-corrected chi connectivity index (χ0v) is 4.80. The molecule has 0 saturated carbocycles. The smallest absolute Gasteiger partial charge is 0.0676 e. The van der Waals surface area contributed by atoms with E-state index >= 15 is 0 Å². The van der Waals surface area contributed by atoms with E-state index in [0.29, 0.717) is 0 Å². The molecule has 3 heteroatoms. The topological polar surface area (TPSA) is 20.2 Å². The van der Waals surface area contributed by atoms with Crippen LogP contribution in [0.25, 0.3) is 0 Å². The Morgan fingerprint density at radius 3 is 2.00 bits per heavy atom. The van der Waals surface area contributed by atoms with Crippen LogP contribution in [0.15, 0.2) is 0 Å². The zero-order chi connectivity index (χ0) is 4.28. The van der Waals surface area contributed by atoms with E-state index in [2.05, 4.69) is 6.92 Å². The molecule has 0 unspecified atom stereocenters. The van der Waals surface area contributed by atoms with Gasteiger partial charge >= 0.3 is 0 Å². The highest BCUT2D eigenvalue weighted by Gasteiger charge is 1.84. The molecule has 0 amide bonds. The summed E-state index contributed by atoms with van der Waals surface area (Å²) < 4.78 is 0. The van der Waals surface area contributed by atoms with E-state index in [4.69, 9.17) is 16.7 Å². The lowest BCUT2D eigenvalue weighted by Gasteiger charge is -1.88. The van der Waals surface area contributed by atoms with Gasteiger partial charge in [0.1, 0.15) is 0 Å². The van der Waals surface area contributed by atoms with Crippen LogP contribution in [0.3, 0.4) is 0 Å². The summed E-state index contributed by atoms with van der Waals surface area (Å²) in [6.07, 6.45) is -0.600.